The minimum atomic E-state index is -1.16. The molecule has 2 heterocycles. The molecular formula is C22H22N4O4S. The third-order valence-corrected chi connectivity index (χ3v) is 6.18. The fraction of sp³-hybridized carbons (Fsp3) is 0.318. The van der Waals surface area contributed by atoms with E-state index in [1.165, 1.54) is 17.8 Å². The van der Waals surface area contributed by atoms with Crippen LogP contribution in [0.25, 0.3) is 0 Å². The van der Waals surface area contributed by atoms with E-state index in [1.54, 1.807) is 35.2 Å². The van der Waals surface area contributed by atoms with Crippen molar-refractivity contribution in [1.82, 2.24) is 9.88 Å². The van der Waals surface area contributed by atoms with Crippen LogP contribution >= 0.6 is 11.8 Å². The number of likely N-dealkylation sites (tertiary alicyclic amines) is 1. The number of nitrogens with one attached hydrogen (secondary N) is 2. The summed E-state index contributed by atoms with van der Waals surface area (Å²) in [5.74, 6) is -0.199. The number of hydrogen-bond acceptors (Lipinski definition) is 7. The van der Waals surface area contributed by atoms with Crippen LogP contribution in [0.2, 0.25) is 0 Å². The van der Waals surface area contributed by atoms with Crippen LogP contribution < -0.4 is 4.74 Å². The zero-order valence-corrected chi connectivity index (χ0v) is 17.6. The number of aromatic carboxylic acids is 1. The van der Waals surface area contributed by atoms with Gasteiger partial charge in [0.15, 0.2) is 5.69 Å². The van der Waals surface area contributed by atoms with Crippen LogP contribution in [0, 0.1) is 16.7 Å². The molecule has 2 aromatic rings. The Morgan fingerprint density at radius 2 is 1.94 bits per heavy atom. The third kappa shape index (κ3) is 5.11. The monoisotopic (exact) mass is 438 g/mol. The summed E-state index contributed by atoms with van der Waals surface area (Å²) in [6, 6.07) is 9.87. The topological polar surface area (TPSA) is 127 Å². The molecule has 1 amide bonds. The Bertz CT molecular complexity index is 1050. The molecule has 4 rings (SSSR count). The van der Waals surface area contributed by atoms with Gasteiger partial charge in [-0.1, -0.05) is 11.8 Å². The zero-order valence-electron chi connectivity index (χ0n) is 16.8. The van der Waals surface area contributed by atoms with Gasteiger partial charge >= 0.3 is 5.97 Å². The van der Waals surface area contributed by atoms with E-state index in [1.807, 2.05) is 0 Å². The van der Waals surface area contributed by atoms with Crippen molar-refractivity contribution < 1.29 is 19.4 Å². The minimum Gasteiger partial charge on any atom is -0.477 e. The molecule has 0 bridgehead atoms. The summed E-state index contributed by atoms with van der Waals surface area (Å²) < 4.78 is 5.88. The van der Waals surface area contributed by atoms with Crippen molar-refractivity contribution in [2.45, 2.75) is 32.2 Å². The summed E-state index contributed by atoms with van der Waals surface area (Å²) in [5, 5.41) is 26.3. The van der Waals surface area contributed by atoms with Gasteiger partial charge in [-0.25, -0.2) is 9.78 Å². The number of carbonyl (C=O) groups excluding carboxylic acids is 1. The van der Waals surface area contributed by atoms with Gasteiger partial charge in [0.25, 0.3) is 0 Å². The molecule has 0 spiro atoms. The van der Waals surface area contributed by atoms with Gasteiger partial charge in [0.1, 0.15) is 10.8 Å². The van der Waals surface area contributed by atoms with E-state index in [0.29, 0.717) is 52.4 Å². The summed E-state index contributed by atoms with van der Waals surface area (Å²) >= 11 is 1.17. The van der Waals surface area contributed by atoms with Gasteiger partial charge in [0.2, 0.25) is 11.8 Å². The Morgan fingerprint density at radius 3 is 2.55 bits per heavy atom. The highest BCUT2D eigenvalue weighted by Gasteiger charge is 2.28. The number of carboxylic acids is 1. The average Bonchev–Trinajstić information content (AvgIpc) is 3.53. The predicted octanol–water partition coefficient (Wildman–Crippen LogP) is 4.14. The fourth-order valence-corrected chi connectivity index (χ4v) is 4.13. The maximum absolute atomic E-state index is 12.0. The molecule has 1 aromatic carbocycles. The van der Waals surface area contributed by atoms with Gasteiger partial charge in [-0.2, -0.15) is 0 Å². The van der Waals surface area contributed by atoms with E-state index in [2.05, 4.69) is 4.98 Å². The number of aromatic nitrogens is 1. The molecule has 2 fully saturated rings. The van der Waals surface area contributed by atoms with Crippen molar-refractivity contribution >= 4 is 33.7 Å². The lowest BCUT2D eigenvalue weighted by Crippen LogP contribution is -2.24. The fourth-order valence-electron chi connectivity index (χ4n) is 3.26. The highest BCUT2D eigenvalue weighted by Crippen LogP contribution is 2.35. The molecule has 31 heavy (non-hydrogen) atoms. The minimum absolute atomic E-state index is 0.0605. The molecule has 1 aromatic heterocycles. The number of carboxylic acid groups (broad SMARTS) is 1. The number of carbonyl (C=O) groups is 2. The third-order valence-electron chi connectivity index (χ3n) is 5.18. The summed E-state index contributed by atoms with van der Waals surface area (Å²) in [6.07, 6.45) is 3.37. The number of nitrogens with zero attached hydrogens (tertiary/aromatic N) is 2. The molecule has 1 aliphatic carbocycles. The zero-order chi connectivity index (χ0) is 22.0. The normalized spacial score (nSPS) is 15.7. The van der Waals surface area contributed by atoms with Crippen LogP contribution in [0.15, 0.2) is 36.4 Å². The van der Waals surface area contributed by atoms with Crippen LogP contribution in [0.3, 0.4) is 0 Å². The first kappa shape index (κ1) is 21.0. The summed E-state index contributed by atoms with van der Waals surface area (Å²) in [6.45, 7) is 0.965. The van der Waals surface area contributed by atoms with Crippen molar-refractivity contribution in [3.63, 3.8) is 0 Å². The summed E-state index contributed by atoms with van der Waals surface area (Å²) in [4.78, 5) is 29.2. The van der Waals surface area contributed by atoms with Gasteiger partial charge in [0, 0.05) is 30.0 Å². The number of ether oxygens (including phenoxy) is 1. The quantitative estimate of drug-likeness (QED) is 0.440. The van der Waals surface area contributed by atoms with Crippen LogP contribution in [0.5, 0.6) is 11.6 Å². The van der Waals surface area contributed by atoms with Crippen LogP contribution in [0.1, 0.15) is 47.3 Å². The van der Waals surface area contributed by atoms with Gasteiger partial charge < -0.3 is 14.7 Å². The van der Waals surface area contributed by atoms with Crippen molar-refractivity contribution in [3.8, 4) is 11.6 Å². The maximum Gasteiger partial charge on any atom is 0.354 e. The number of rotatable bonds is 7. The molecule has 0 atom stereocenters. The van der Waals surface area contributed by atoms with Crippen molar-refractivity contribution in [3.05, 3.63) is 53.2 Å². The Balaban J connectivity index is 1.50. The predicted molar refractivity (Wildman–Crippen MR) is 117 cm³/mol. The highest BCUT2D eigenvalue weighted by molar-refractivity contribution is 8.26. The molecule has 0 unspecified atom stereocenters. The first-order valence-corrected chi connectivity index (χ1v) is 10.9. The van der Waals surface area contributed by atoms with Gasteiger partial charge in [0.05, 0.1) is 11.6 Å². The Kier molecular flexibility index (Phi) is 6.03. The standard InChI is InChI=1S/C22H22N4O4S/c23-19(13-3-4-13)31-20(24)14-5-8-16(9-6-14)30-21-15(7-10-17(25-21)22(28)29)12-26-11-1-2-18(26)27/h5-10,13,23-24H,1-4,11-12H2,(H,28,29). The van der Waals surface area contributed by atoms with Gasteiger partial charge in [-0.3, -0.25) is 15.6 Å². The van der Waals surface area contributed by atoms with E-state index in [-0.39, 0.29) is 17.5 Å². The van der Waals surface area contributed by atoms with Crippen LogP contribution in [-0.2, 0) is 11.3 Å². The Morgan fingerprint density at radius 1 is 1.19 bits per heavy atom. The number of thioether (sulfide) groups is 1. The average molecular weight is 439 g/mol. The van der Waals surface area contributed by atoms with Crippen LogP contribution in [-0.4, -0.2) is 43.5 Å². The number of hydrogen-bond donors (Lipinski definition) is 3. The smallest absolute Gasteiger partial charge is 0.354 e. The van der Waals surface area contributed by atoms with E-state index in [0.717, 1.165) is 19.3 Å². The molecule has 3 N–H and O–H groups in total. The Labute approximate surface area is 183 Å². The lowest BCUT2D eigenvalue weighted by atomic mass is 10.2. The van der Waals surface area contributed by atoms with Gasteiger partial charge in [-0.15, -0.1) is 0 Å². The molecular weight excluding hydrogens is 416 g/mol. The second-order valence-electron chi connectivity index (χ2n) is 7.58. The molecule has 9 heteroatoms. The largest absolute Gasteiger partial charge is 0.477 e. The number of benzene rings is 1. The Hall–Kier alpha value is -3.20. The second-order valence-corrected chi connectivity index (χ2v) is 8.63. The summed E-state index contributed by atoms with van der Waals surface area (Å²) in [5.41, 5.74) is 1.17. The molecule has 1 aliphatic heterocycles. The van der Waals surface area contributed by atoms with Gasteiger partial charge in [-0.05, 0) is 55.7 Å². The molecule has 2 aliphatic rings. The second kappa shape index (κ2) is 8.89. The van der Waals surface area contributed by atoms with E-state index in [9.17, 15) is 14.7 Å². The number of pyridine rings is 1. The molecule has 160 valence electrons. The number of amides is 1. The van der Waals surface area contributed by atoms with E-state index < -0.39 is 5.97 Å². The van der Waals surface area contributed by atoms with E-state index in [4.69, 9.17) is 15.6 Å². The molecule has 1 saturated carbocycles. The van der Waals surface area contributed by atoms with Crippen molar-refractivity contribution in [1.29, 1.82) is 10.8 Å². The van der Waals surface area contributed by atoms with Crippen molar-refractivity contribution in [2.75, 3.05) is 6.54 Å². The molecule has 0 radical (unpaired) electrons. The van der Waals surface area contributed by atoms with Crippen molar-refractivity contribution in [2.24, 2.45) is 5.92 Å². The first-order chi connectivity index (χ1) is 14.9. The highest BCUT2D eigenvalue weighted by atomic mass is 32.2. The summed E-state index contributed by atoms with van der Waals surface area (Å²) in [7, 11) is 0. The maximum atomic E-state index is 12.0. The van der Waals surface area contributed by atoms with Crippen LogP contribution in [0.4, 0.5) is 0 Å². The lowest BCUT2D eigenvalue weighted by Gasteiger charge is -2.18. The van der Waals surface area contributed by atoms with E-state index >= 15 is 0 Å². The molecule has 8 nitrogen and oxygen atoms in total. The molecule has 1 saturated heterocycles. The lowest BCUT2D eigenvalue weighted by molar-refractivity contribution is -0.128. The SMILES string of the molecule is N=C(SC(=N)C1CC1)c1ccc(Oc2nc(C(=O)O)ccc2CN2CCCC2=O)cc1. The first-order valence-electron chi connectivity index (χ1n) is 10.0.